The van der Waals surface area contributed by atoms with E-state index >= 15 is 0 Å². The minimum absolute atomic E-state index is 0.0464. The molecule has 0 saturated carbocycles. The van der Waals surface area contributed by atoms with Crippen LogP contribution in [0.15, 0.2) is 57.7 Å². The van der Waals surface area contributed by atoms with E-state index in [9.17, 15) is 19.3 Å². The van der Waals surface area contributed by atoms with E-state index < -0.39 is 16.4 Å². The molecule has 0 amide bonds. The van der Waals surface area contributed by atoms with E-state index in [0.717, 1.165) is 18.2 Å². The molecule has 0 aliphatic carbocycles. The highest BCUT2D eigenvalue weighted by Crippen LogP contribution is 2.27. The first-order valence-corrected chi connectivity index (χ1v) is 6.03. The normalized spacial score (nSPS) is 10.7. The molecule has 21 heavy (non-hydrogen) atoms. The minimum atomic E-state index is -0.743. The zero-order chi connectivity index (χ0) is 15.0. The molecule has 0 fully saturated rings. The van der Waals surface area contributed by atoms with E-state index in [-0.39, 0.29) is 16.8 Å². The molecule has 3 aromatic rings. The largest absolute Gasteiger partial charge is 0.422 e. The van der Waals surface area contributed by atoms with E-state index in [0.29, 0.717) is 11.0 Å². The Kier molecular flexibility index (Phi) is 2.98. The van der Waals surface area contributed by atoms with Crippen LogP contribution in [0.4, 0.5) is 10.1 Å². The fourth-order valence-electron chi connectivity index (χ4n) is 2.08. The van der Waals surface area contributed by atoms with Crippen molar-refractivity contribution in [2.45, 2.75) is 0 Å². The molecule has 0 atom stereocenters. The third kappa shape index (κ3) is 2.27. The fraction of sp³-hybridized carbons (Fsp3) is 0. The molecule has 3 rings (SSSR count). The van der Waals surface area contributed by atoms with Gasteiger partial charge in [0.15, 0.2) is 0 Å². The summed E-state index contributed by atoms with van der Waals surface area (Å²) in [4.78, 5) is 22.1. The van der Waals surface area contributed by atoms with Crippen LogP contribution in [-0.4, -0.2) is 4.92 Å². The van der Waals surface area contributed by atoms with Crippen molar-refractivity contribution in [1.82, 2.24) is 0 Å². The summed E-state index contributed by atoms with van der Waals surface area (Å²) in [7, 11) is 0. The standard InChI is InChI=1S/C15H8FNO4/c16-13-6-5-10(17(19)20)8-11(13)12-7-9-3-1-2-4-14(9)21-15(12)18/h1-8H. The summed E-state index contributed by atoms with van der Waals surface area (Å²) in [5.74, 6) is -0.719. The van der Waals surface area contributed by atoms with Crippen molar-refractivity contribution in [2.75, 3.05) is 0 Å². The second kappa shape index (κ2) is 4.82. The fourth-order valence-corrected chi connectivity index (χ4v) is 2.08. The summed E-state index contributed by atoms with van der Waals surface area (Å²) in [5, 5.41) is 11.4. The lowest BCUT2D eigenvalue weighted by atomic mass is 10.0. The number of hydrogen-bond acceptors (Lipinski definition) is 4. The van der Waals surface area contributed by atoms with Crippen LogP contribution in [-0.2, 0) is 0 Å². The van der Waals surface area contributed by atoms with Crippen molar-refractivity contribution in [3.05, 3.63) is 74.9 Å². The number of nitrogens with zero attached hydrogens (tertiary/aromatic N) is 1. The van der Waals surface area contributed by atoms with Crippen LogP contribution < -0.4 is 5.63 Å². The van der Waals surface area contributed by atoms with Gasteiger partial charge < -0.3 is 4.42 Å². The summed E-state index contributed by atoms with van der Waals surface area (Å²) < 4.78 is 19.0. The van der Waals surface area contributed by atoms with Crippen molar-refractivity contribution in [3.63, 3.8) is 0 Å². The van der Waals surface area contributed by atoms with Gasteiger partial charge in [-0.3, -0.25) is 10.1 Å². The third-order valence-corrected chi connectivity index (χ3v) is 3.09. The zero-order valence-electron chi connectivity index (χ0n) is 10.6. The van der Waals surface area contributed by atoms with Gasteiger partial charge in [-0.1, -0.05) is 18.2 Å². The van der Waals surface area contributed by atoms with Crippen LogP contribution >= 0.6 is 0 Å². The van der Waals surface area contributed by atoms with Gasteiger partial charge in [0.25, 0.3) is 5.69 Å². The number of hydrogen-bond donors (Lipinski definition) is 0. The van der Waals surface area contributed by atoms with Crippen LogP contribution in [0.2, 0.25) is 0 Å². The van der Waals surface area contributed by atoms with Crippen molar-refractivity contribution >= 4 is 16.7 Å². The maximum Gasteiger partial charge on any atom is 0.344 e. The summed E-state index contributed by atoms with van der Waals surface area (Å²) in [6, 6.07) is 11.3. The Labute approximate surface area is 117 Å². The predicted molar refractivity (Wildman–Crippen MR) is 74.5 cm³/mol. The van der Waals surface area contributed by atoms with Gasteiger partial charge in [-0.2, -0.15) is 0 Å². The smallest absolute Gasteiger partial charge is 0.344 e. The summed E-state index contributed by atoms with van der Waals surface area (Å²) in [5.41, 5.74) is -0.859. The molecule has 0 bridgehead atoms. The maximum absolute atomic E-state index is 13.9. The third-order valence-electron chi connectivity index (χ3n) is 3.09. The number of nitro groups is 1. The highest BCUT2D eigenvalue weighted by atomic mass is 19.1. The molecule has 0 spiro atoms. The molecule has 0 aliphatic rings. The Bertz CT molecular complexity index is 917. The molecule has 2 aromatic carbocycles. The van der Waals surface area contributed by atoms with E-state index in [1.807, 2.05) is 0 Å². The molecule has 0 aliphatic heterocycles. The average molecular weight is 285 g/mol. The topological polar surface area (TPSA) is 73.3 Å². The summed E-state index contributed by atoms with van der Waals surface area (Å²) in [6.07, 6.45) is 0. The lowest BCUT2D eigenvalue weighted by Crippen LogP contribution is -2.04. The molecule has 6 heteroatoms. The van der Waals surface area contributed by atoms with Gasteiger partial charge in [0.1, 0.15) is 11.4 Å². The monoisotopic (exact) mass is 285 g/mol. The first kappa shape index (κ1) is 13.0. The molecule has 0 unspecified atom stereocenters. The minimum Gasteiger partial charge on any atom is -0.422 e. The molecule has 0 radical (unpaired) electrons. The number of non-ortho nitro benzene ring substituents is 1. The van der Waals surface area contributed by atoms with Crippen molar-refractivity contribution < 1.29 is 13.7 Å². The van der Waals surface area contributed by atoms with E-state index in [1.54, 1.807) is 24.3 Å². The second-order valence-corrected chi connectivity index (χ2v) is 4.41. The number of rotatable bonds is 2. The molecular formula is C15H8FNO4. The van der Waals surface area contributed by atoms with Gasteiger partial charge in [-0.15, -0.1) is 0 Å². The lowest BCUT2D eigenvalue weighted by Gasteiger charge is -2.04. The number of fused-ring (bicyclic) bond motifs is 1. The van der Waals surface area contributed by atoms with Crippen LogP contribution in [0.1, 0.15) is 0 Å². The first-order valence-electron chi connectivity index (χ1n) is 6.03. The molecule has 1 heterocycles. The first-order chi connectivity index (χ1) is 10.1. The number of nitro benzene ring substituents is 1. The van der Waals surface area contributed by atoms with Gasteiger partial charge >= 0.3 is 5.63 Å². The number of para-hydroxylation sites is 1. The SMILES string of the molecule is O=c1oc2ccccc2cc1-c1cc([N+](=O)[O-])ccc1F. The second-order valence-electron chi connectivity index (χ2n) is 4.41. The predicted octanol–water partition coefficient (Wildman–Crippen LogP) is 3.51. The van der Waals surface area contributed by atoms with Crippen LogP contribution in [0, 0.1) is 15.9 Å². The molecule has 1 aromatic heterocycles. The van der Waals surface area contributed by atoms with E-state index in [1.165, 1.54) is 6.07 Å². The Hall–Kier alpha value is -3.02. The van der Waals surface area contributed by atoms with Gasteiger partial charge in [-0.05, 0) is 18.2 Å². The molecule has 0 N–H and O–H groups in total. The highest BCUT2D eigenvalue weighted by Gasteiger charge is 2.16. The van der Waals surface area contributed by atoms with Crippen LogP contribution in [0.3, 0.4) is 0 Å². The van der Waals surface area contributed by atoms with Gasteiger partial charge in [0.2, 0.25) is 0 Å². The Balaban J connectivity index is 2.29. The van der Waals surface area contributed by atoms with Crippen molar-refractivity contribution in [2.24, 2.45) is 0 Å². The van der Waals surface area contributed by atoms with E-state index in [2.05, 4.69) is 0 Å². The zero-order valence-corrected chi connectivity index (χ0v) is 10.6. The lowest BCUT2D eigenvalue weighted by molar-refractivity contribution is -0.384. The molecule has 104 valence electrons. The number of halogens is 1. The quantitative estimate of drug-likeness (QED) is 0.410. The Morgan fingerprint density at radius 2 is 1.81 bits per heavy atom. The van der Waals surface area contributed by atoms with Crippen molar-refractivity contribution in [3.8, 4) is 11.1 Å². The Morgan fingerprint density at radius 1 is 1.05 bits per heavy atom. The highest BCUT2D eigenvalue weighted by molar-refractivity contribution is 5.82. The molecule has 5 nitrogen and oxygen atoms in total. The molecule has 0 saturated heterocycles. The van der Waals surface area contributed by atoms with Crippen LogP contribution in [0.25, 0.3) is 22.1 Å². The van der Waals surface area contributed by atoms with E-state index in [4.69, 9.17) is 4.42 Å². The summed E-state index contributed by atoms with van der Waals surface area (Å²) in [6.45, 7) is 0. The Morgan fingerprint density at radius 3 is 2.57 bits per heavy atom. The molecular weight excluding hydrogens is 277 g/mol. The average Bonchev–Trinajstić information content (AvgIpc) is 2.47. The van der Waals surface area contributed by atoms with Crippen LogP contribution in [0.5, 0.6) is 0 Å². The van der Waals surface area contributed by atoms with Gasteiger partial charge in [0, 0.05) is 23.1 Å². The summed E-state index contributed by atoms with van der Waals surface area (Å²) >= 11 is 0. The van der Waals surface area contributed by atoms with Crippen molar-refractivity contribution in [1.29, 1.82) is 0 Å². The maximum atomic E-state index is 13.9. The number of benzene rings is 2. The van der Waals surface area contributed by atoms with Gasteiger partial charge in [-0.25, -0.2) is 9.18 Å². The van der Waals surface area contributed by atoms with Gasteiger partial charge in [0.05, 0.1) is 10.5 Å².